The van der Waals surface area contributed by atoms with E-state index in [-0.39, 0.29) is 17.3 Å². The predicted molar refractivity (Wildman–Crippen MR) is 60.6 cm³/mol. The second-order valence-electron chi connectivity index (χ2n) is 3.97. The van der Waals surface area contributed by atoms with Crippen LogP contribution in [0.5, 0.6) is 0 Å². The summed E-state index contributed by atoms with van der Waals surface area (Å²) >= 11 is 0. The van der Waals surface area contributed by atoms with E-state index in [1.54, 1.807) is 19.9 Å². The average molecular weight is 272 g/mol. The molecule has 0 aliphatic heterocycles. The molecule has 0 spiro atoms. The molecule has 5 nitrogen and oxygen atoms in total. The fourth-order valence-electron chi connectivity index (χ4n) is 1.07. The quantitative estimate of drug-likeness (QED) is 0.826. The lowest BCUT2D eigenvalue weighted by molar-refractivity contribution is -0.141. The van der Waals surface area contributed by atoms with Gasteiger partial charge in [0.2, 0.25) is 5.91 Å². The number of hydrazine groups is 1. The van der Waals surface area contributed by atoms with Gasteiger partial charge >= 0.3 is 6.18 Å². The summed E-state index contributed by atoms with van der Waals surface area (Å²) in [6.07, 6.45) is -4.62. The zero-order valence-electron chi connectivity index (χ0n) is 10.2. The highest BCUT2D eigenvalue weighted by atomic mass is 19.4. The predicted octanol–water partition coefficient (Wildman–Crippen LogP) is 2.07. The number of carbonyl (C=O) groups excluding carboxylic acids is 1. The van der Waals surface area contributed by atoms with Crippen LogP contribution in [0.2, 0.25) is 0 Å². The van der Waals surface area contributed by atoms with Gasteiger partial charge in [-0.05, 0) is 12.1 Å². The van der Waals surface area contributed by atoms with E-state index in [9.17, 15) is 18.0 Å². The van der Waals surface area contributed by atoms with Gasteiger partial charge in [-0.25, -0.2) is 4.98 Å². The molecule has 0 fully saturated rings. The molecule has 1 rings (SSSR count). The molecule has 0 radical (unpaired) electrons. The van der Waals surface area contributed by atoms with Crippen molar-refractivity contribution in [2.75, 3.05) is 5.43 Å². The first kappa shape index (κ1) is 14.8. The zero-order chi connectivity index (χ0) is 14.6. The van der Waals surface area contributed by atoms with Crippen LogP contribution in [-0.2, 0) is 11.0 Å². The average Bonchev–Trinajstić information content (AvgIpc) is 2.34. The summed E-state index contributed by atoms with van der Waals surface area (Å²) in [6, 6.07) is 3.37. The first-order chi connectivity index (χ1) is 8.75. The van der Waals surface area contributed by atoms with Gasteiger partial charge in [-0.15, -0.1) is 0 Å². The number of aromatic nitrogens is 1. The number of amides is 1. The Morgan fingerprint density at radius 1 is 1.42 bits per heavy atom. The molecule has 1 heterocycles. The van der Waals surface area contributed by atoms with Gasteiger partial charge < -0.3 is 0 Å². The third-order valence-electron chi connectivity index (χ3n) is 2.13. The lowest BCUT2D eigenvalue weighted by Gasteiger charge is -2.12. The Hall–Kier alpha value is -2.30. The number of nitrogens with one attached hydrogen (secondary N) is 2. The lowest BCUT2D eigenvalue weighted by atomic mass is 10.2. The van der Waals surface area contributed by atoms with E-state index in [2.05, 4.69) is 15.8 Å². The van der Waals surface area contributed by atoms with Crippen LogP contribution in [0.25, 0.3) is 0 Å². The van der Waals surface area contributed by atoms with E-state index in [4.69, 9.17) is 5.26 Å². The van der Waals surface area contributed by atoms with E-state index in [1.165, 1.54) is 0 Å². The minimum absolute atomic E-state index is 0.0999. The zero-order valence-corrected chi connectivity index (χ0v) is 10.2. The van der Waals surface area contributed by atoms with Gasteiger partial charge in [-0.2, -0.15) is 18.4 Å². The second-order valence-corrected chi connectivity index (χ2v) is 3.97. The molecule has 0 aromatic carbocycles. The highest BCUT2D eigenvalue weighted by Crippen LogP contribution is 2.29. The van der Waals surface area contributed by atoms with E-state index in [0.29, 0.717) is 6.07 Å². The minimum Gasteiger partial charge on any atom is -0.281 e. The Bertz CT molecular complexity index is 520. The van der Waals surface area contributed by atoms with E-state index in [0.717, 1.165) is 6.07 Å². The van der Waals surface area contributed by atoms with Crippen LogP contribution in [0.1, 0.15) is 25.1 Å². The SMILES string of the molecule is CC(C)C(=O)NNc1nc(C(F)(F)F)ccc1C#N. The molecule has 0 atom stereocenters. The highest BCUT2D eigenvalue weighted by Gasteiger charge is 2.33. The van der Waals surface area contributed by atoms with Crippen LogP contribution < -0.4 is 10.9 Å². The molecule has 2 N–H and O–H groups in total. The van der Waals surface area contributed by atoms with Crippen molar-refractivity contribution < 1.29 is 18.0 Å². The number of halogens is 3. The van der Waals surface area contributed by atoms with E-state index < -0.39 is 17.8 Å². The van der Waals surface area contributed by atoms with Crippen molar-refractivity contribution in [3.05, 3.63) is 23.4 Å². The third-order valence-corrected chi connectivity index (χ3v) is 2.13. The van der Waals surface area contributed by atoms with Crippen molar-refractivity contribution in [1.82, 2.24) is 10.4 Å². The Labute approximate surface area is 107 Å². The number of hydrogen-bond donors (Lipinski definition) is 2. The standard InChI is InChI=1S/C11H11F3N4O/c1-6(2)10(19)18-17-9-7(5-15)3-4-8(16-9)11(12,13)14/h3-4,6H,1-2H3,(H,16,17)(H,18,19). The smallest absolute Gasteiger partial charge is 0.281 e. The topological polar surface area (TPSA) is 77.8 Å². The maximum atomic E-state index is 12.5. The van der Waals surface area contributed by atoms with Crippen LogP contribution in [0.15, 0.2) is 12.1 Å². The molecule has 1 aromatic rings. The molecule has 0 saturated carbocycles. The van der Waals surface area contributed by atoms with Crippen molar-refractivity contribution in [2.24, 2.45) is 5.92 Å². The van der Waals surface area contributed by atoms with Crippen molar-refractivity contribution in [3.8, 4) is 6.07 Å². The molecular weight excluding hydrogens is 261 g/mol. The third kappa shape index (κ3) is 3.84. The summed E-state index contributed by atoms with van der Waals surface area (Å²) in [7, 11) is 0. The highest BCUT2D eigenvalue weighted by molar-refractivity contribution is 5.79. The Kier molecular flexibility index (Phi) is 4.32. The van der Waals surface area contributed by atoms with Gasteiger partial charge in [-0.3, -0.25) is 15.6 Å². The van der Waals surface area contributed by atoms with Crippen LogP contribution in [0.3, 0.4) is 0 Å². The molecule has 8 heteroatoms. The van der Waals surface area contributed by atoms with Gasteiger partial charge in [-0.1, -0.05) is 13.8 Å². The maximum absolute atomic E-state index is 12.5. The fraction of sp³-hybridized carbons (Fsp3) is 0.364. The van der Waals surface area contributed by atoms with Crippen molar-refractivity contribution in [2.45, 2.75) is 20.0 Å². The largest absolute Gasteiger partial charge is 0.433 e. The van der Waals surface area contributed by atoms with E-state index >= 15 is 0 Å². The van der Waals surface area contributed by atoms with Gasteiger partial charge in [0.1, 0.15) is 11.8 Å². The summed E-state index contributed by atoms with van der Waals surface area (Å²) in [4.78, 5) is 14.6. The van der Waals surface area contributed by atoms with Gasteiger partial charge in [0, 0.05) is 5.92 Å². The summed E-state index contributed by atoms with van der Waals surface area (Å²) in [6.45, 7) is 3.23. The summed E-state index contributed by atoms with van der Waals surface area (Å²) in [5, 5.41) is 8.76. The molecule has 19 heavy (non-hydrogen) atoms. The molecular formula is C11H11F3N4O. The van der Waals surface area contributed by atoms with Crippen LogP contribution in [0, 0.1) is 17.2 Å². The van der Waals surface area contributed by atoms with E-state index in [1.807, 2.05) is 0 Å². The molecule has 0 bridgehead atoms. The number of anilines is 1. The maximum Gasteiger partial charge on any atom is 0.433 e. The summed E-state index contributed by atoms with van der Waals surface area (Å²) in [5.74, 6) is -1.13. The van der Waals surface area contributed by atoms with Crippen molar-refractivity contribution >= 4 is 11.7 Å². The van der Waals surface area contributed by atoms with Gasteiger partial charge in [0.25, 0.3) is 0 Å². The first-order valence-electron chi connectivity index (χ1n) is 5.30. The number of rotatable bonds is 3. The number of nitriles is 1. The number of nitrogens with zero attached hydrogens (tertiary/aromatic N) is 2. The van der Waals surface area contributed by atoms with Crippen molar-refractivity contribution in [3.63, 3.8) is 0 Å². The molecule has 0 aliphatic rings. The normalized spacial score (nSPS) is 11.0. The second kappa shape index (κ2) is 5.56. The molecule has 0 unspecified atom stereocenters. The molecule has 102 valence electrons. The Balaban J connectivity index is 2.98. The number of hydrogen-bond acceptors (Lipinski definition) is 4. The summed E-state index contributed by atoms with van der Waals surface area (Å²) < 4.78 is 37.4. The van der Waals surface area contributed by atoms with Crippen molar-refractivity contribution in [1.29, 1.82) is 5.26 Å². The molecule has 1 amide bonds. The minimum atomic E-state index is -4.62. The number of pyridine rings is 1. The van der Waals surface area contributed by atoms with Crippen LogP contribution >= 0.6 is 0 Å². The van der Waals surface area contributed by atoms with Crippen LogP contribution in [0.4, 0.5) is 19.0 Å². The first-order valence-corrected chi connectivity index (χ1v) is 5.30. The number of carbonyl (C=O) groups is 1. The van der Waals surface area contributed by atoms with Gasteiger partial charge in [0.05, 0.1) is 5.56 Å². The Morgan fingerprint density at radius 2 is 2.05 bits per heavy atom. The molecule has 0 saturated heterocycles. The van der Waals surface area contributed by atoms with Gasteiger partial charge in [0.15, 0.2) is 5.82 Å². The van der Waals surface area contributed by atoms with Crippen LogP contribution in [-0.4, -0.2) is 10.9 Å². The fourth-order valence-corrected chi connectivity index (χ4v) is 1.07. The summed E-state index contributed by atoms with van der Waals surface area (Å²) in [5.41, 5.74) is 3.16. The molecule has 1 aromatic heterocycles. The monoisotopic (exact) mass is 272 g/mol. The number of alkyl halides is 3. The lowest BCUT2D eigenvalue weighted by Crippen LogP contribution is -2.33. The molecule has 0 aliphatic carbocycles. The Morgan fingerprint density at radius 3 is 2.53 bits per heavy atom.